The van der Waals surface area contributed by atoms with Crippen LogP contribution in [-0.4, -0.2) is 20.0 Å². The summed E-state index contributed by atoms with van der Waals surface area (Å²) in [6.45, 7) is 1.93. The van der Waals surface area contributed by atoms with Gasteiger partial charge in [-0.15, -0.1) is 0 Å². The second-order valence-corrected chi connectivity index (χ2v) is 5.74. The van der Waals surface area contributed by atoms with Gasteiger partial charge in [0, 0.05) is 24.1 Å². The zero-order chi connectivity index (χ0) is 14.7. The summed E-state index contributed by atoms with van der Waals surface area (Å²) in [6.07, 6.45) is 0. The van der Waals surface area contributed by atoms with Crippen LogP contribution in [0.15, 0.2) is 46.9 Å². The largest absolute Gasteiger partial charge is 0.376 e. The summed E-state index contributed by atoms with van der Waals surface area (Å²) in [5.74, 6) is -0.0990. The molecule has 0 unspecified atom stereocenters. The van der Waals surface area contributed by atoms with Crippen LogP contribution < -0.4 is 10.2 Å². The Morgan fingerprint density at radius 3 is 2.55 bits per heavy atom. The number of hydrogen-bond donors (Lipinski definition) is 1. The molecule has 0 heterocycles. The van der Waals surface area contributed by atoms with Crippen LogP contribution in [0.1, 0.15) is 15.9 Å². The maximum atomic E-state index is 12.4. The first-order chi connectivity index (χ1) is 9.49. The highest BCUT2D eigenvalue weighted by atomic mass is 79.9. The molecule has 0 saturated carbocycles. The number of halogens is 1. The average molecular weight is 333 g/mol. The van der Waals surface area contributed by atoms with Crippen LogP contribution in [-0.2, 0) is 0 Å². The first-order valence-electron chi connectivity index (χ1n) is 6.33. The average Bonchev–Trinajstić information content (AvgIpc) is 2.41. The Hall–Kier alpha value is -1.81. The Kier molecular flexibility index (Phi) is 4.45. The summed E-state index contributed by atoms with van der Waals surface area (Å²) in [5, 5.41) is 2.97. The molecule has 0 bridgehead atoms. The standard InChI is InChI=1S/C16H17BrN2O/c1-11-8-9-12(17)10-13(11)16(20)18-14-6-4-5-7-15(14)19(2)3/h4-10H,1-3H3,(H,18,20). The predicted octanol–water partition coefficient (Wildman–Crippen LogP) is 4.08. The van der Waals surface area contributed by atoms with E-state index in [1.165, 1.54) is 0 Å². The van der Waals surface area contributed by atoms with E-state index in [9.17, 15) is 4.79 Å². The fourth-order valence-electron chi connectivity index (χ4n) is 2.00. The Morgan fingerprint density at radius 1 is 1.15 bits per heavy atom. The van der Waals surface area contributed by atoms with E-state index >= 15 is 0 Å². The Labute approximate surface area is 127 Å². The molecule has 1 amide bonds. The third-order valence-corrected chi connectivity index (χ3v) is 3.57. The molecule has 0 fully saturated rings. The van der Waals surface area contributed by atoms with E-state index in [0.29, 0.717) is 5.56 Å². The lowest BCUT2D eigenvalue weighted by Gasteiger charge is -2.18. The third kappa shape index (κ3) is 3.20. The molecule has 0 saturated heterocycles. The summed E-state index contributed by atoms with van der Waals surface area (Å²) in [6, 6.07) is 13.4. The molecular formula is C16H17BrN2O. The van der Waals surface area contributed by atoms with Gasteiger partial charge in [0.05, 0.1) is 11.4 Å². The first-order valence-corrected chi connectivity index (χ1v) is 7.12. The second-order valence-electron chi connectivity index (χ2n) is 4.82. The molecule has 2 aromatic rings. The number of carbonyl (C=O) groups is 1. The van der Waals surface area contributed by atoms with Gasteiger partial charge in [-0.1, -0.05) is 34.1 Å². The molecule has 20 heavy (non-hydrogen) atoms. The van der Waals surface area contributed by atoms with Crippen LogP contribution in [0.5, 0.6) is 0 Å². The molecule has 0 aliphatic rings. The minimum Gasteiger partial charge on any atom is -0.376 e. The number of amides is 1. The molecule has 0 atom stereocenters. The van der Waals surface area contributed by atoms with Crippen molar-refractivity contribution in [1.29, 1.82) is 0 Å². The van der Waals surface area contributed by atoms with Gasteiger partial charge in [0.2, 0.25) is 0 Å². The van der Waals surface area contributed by atoms with Gasteiger partial charge in [-0.2, -0.15) is 0 Å². The molecule has 0 spiro atoms. The van der Waals surface area contributed by atoms with E-state index in [0.717, 1.165) is 21.4 Å². The number of aryl methyl sites for hydroxylation is 1. The van der Waals surface area contributed by atoms with Crippen LogP contribution in [0, 0.1) is 6.92 Å². The summed E-state index contributed by atoms with van der Waals surface area (Å²) in [4.78, 5) is 14.4. The molecule has 2 aromatic carbocycles. The lowest BCUT2D eigenvalue weighted by molar-refractivity contribution is 0.102. The number of rotatable bonds is 3. The number of anilines is 2. The smallest absolute Gasteiger partial charge is 0.256 e. The second kappa shape index (κ2) is 6.09. The quantitative estimate of drug-likeness (QED) is 0.918. The van der Waals surface area contributed by atoms with Gasteiger partial charge >= 0.3 is 0 Å². The maximum absolute atomic E-state index is 12.4. The highest BCUT2D eigenvalue weighted by Gasteiger charge is 2.12. The van der Waals surface area contributed by atoms with E-state index in [2.05, 4.69) is 21.2 Å². The van der Waals surface area contributed by atoms with Gasteiger partial charge in [-0.3, -0.25) is 4.79 Å². The van der Waals surface area contributed by atoms with Crippen molar-refractivity contribution in [2.75, 3.05) is 24.3 Å². The van der Waals surface area contributed by atoms with Crippen molar-refractivity contribution in [3.05, 3.63) is 58.1 Å². The van der Waals surface area contributed by atoms with Crippen LogP contribution in [0.4, 0.5) is 11.4 Å². The fraction of sp³-hybridized carbons (Fsp3) is 0.188. The van der Waals surface area contributed by atoms with E-state index in [-0.39, 0.29) is 5.91 Å². The SMILES string of the molecule is Cc1ccc(Br)cc1C(=O)Nc1ccccc1N(C)C. The van der Waals surface area contributed by atoms with Crippen molar-refractivity contribution in [3.63, 3.8) is 0 Å². The van der Waals surface area contributed by atoms with Crippen molar-refractivity contribution in [1.82, 2.24) is 0 Å². The number of benzene rings is 2. The van der Waals surface area contributed by atoms with Gasteiger partial charge in [-0.25, -0.2) is 0 Å². The van der Waals surface area contributed by atoms with Crippen molar-refractivity contribution in [2.24, 2.45) is 0 Å². The molecule has 0 aliphatic heterocycles. The molecule has 1 N–H and O–H groups in total. The number of para-hydroxylation sites is 2. The fourth-order valence-corrected chi connectivity index (χ4v) is 2.36. The maximum Gasteiger partial charge on any atom is 0.256 e. The van der Waals surface area contributed by atoms with Gasteiger partial charge in [0.25, 0.3) is 5.91 Å². The van der Waals surface area contributed by atoms with Gasteiger partial charge in [0.15, 0.2) is 0 Å². The highest BCUT2D eigenvalue weighted by Crippen LogP contribution is 2.25. The van der Waals surface area contributed by atoms with Crippen LogP contribution >= 0.6 is 15.9 Å². The van der Waals surface area contributed by atoms with E-state index in [1.807, 2.05) is 68.4 Å². The lowest BCUT2D eigenvalue weighted by atomic mass is 10.1. The highest BCUT2D eigenvalue weighted by molar-refractivity contribution is 9.10. The van der Waals surface area contributed by atoms with Crippen molar-refractivity contribution in [2.45, 2.75) is 6.92 Å². The predicted molar refractivity (Wildman–Crippen MR) is 87.6 cm³/mol. The van der Waals surface area contributed by atoms with E-state index < -0.39 is 0 Å². The zero-order valence-corrected chi connectivity index (χ0v) is 13.4. The number of hydrogen-bond acceptors (Lipinski definition) is 2. The number of carbonyl (C=O) groups excluding carboxylic acids is 1. The third-order valence-electron chi connectivity index (χ3n) is 3.08. The van der Waals surface area contributed by atoms with Gasteiger partial charge in [0.1, 0.15) is 0 Å². The van der Waals surface area contributed by atoms with Gasteiger partial charge in [-0.05, 0) is 36.8 Å². The van der Waals surface area contributed by atoms with Crippen LogP contribution in [0.2, 0.25) is 0 Å². The minimum atomic E-state index is -0.0990. The summed E-state index contributed by atoms with van der Waals surface area (Å²) in [5.41, 5.74) is 3.41. The van der Waals surface area contributed by atoms with E-state index in [4.69, 9.17) is 0 Å². The monoisotopic (exact) mass is 332 g/mol. The zero-order valence-electron chi connectivity index (χ0n) is 11.8. The minimum absolute atomic E-state index is 0.0990. The summed E-state index contributed by atoms with van der Waals surface area (Å²) in [7, 11) is 3.91. The Morgan fingerprint density at radius 2 is 1.85 bits per heavy atom. The first kappa shape index (κ1) is 14.6. The van der Waals surface area contributed by atoms with Crippen molar-refractivity contribution in [3.8, 4) is 0 Å². The van der Waals surface area contributed by atoms with Crippen LogP contribution in [0.3, 0.4) is 0 Å². The normalized spacial score (nSPS) is 10.2. The van der Waals surface area contributed by atoms with Crippen molar-refractivity contribution < 1.29 is 4.79 Å². The summed E-state index contributed by atoms with van der Waals surface area (Å²) < 4.78 is 0.897. The molecule has 0 radical (unpaired) electrons. The Bertz CT molecular complexity index is 638. The van der Waals surface area contributed by atoms with E-state index in [1.54, 1.807) is 0 Å². The molecular weight excluding hydrogens is 316 g/mol. The van der Waals surface area contributed by atoms with Crippen LogP contribution in [0.25, 0.3) is 0 Å². The van der Waals surface area contributed by atoms with Crippen molar-refractivity contribution >= 4 is 33.2 Å². The molecule has 4 heteroatoms. The lowest BCUT2D eigenvalue weighted by Crippen LogP contribution is -2.17. The molecule has 0 aliphatic carbocycles. The topological polar surface area (TPSA) is 32.3 Å². The molecule has 3 nitrogen and oxygen atoms in total. The number of nitrogens with zero attached hydrogens (tertiary/aromatic N) is 1. The molecule has 104 valence electrons. The van der Waals surface area contributed by atoms with Gasteiger partial charge < -0.3 is 10.2 Å². The Balaban J connectivity index is 2.31. The molecule has 0 aromatic heterocycles. The summed E-state index contributed by atoms with van der Waals surface area (Å²) >= 11 is 3.40. The molecule has 2 rings (SSSR count). The number of nitrogens with one attached hydrogen (secondary N) is 1.